The second kappa shape index (κ2) is 6.70. The summed E-state index contributed by atoms with van der Waals surface area (Å²) in [6.07, 6.45) is 5.62. The Bertz CT molecular complexity index is 749. The number of piperazine rings is 1. The van der Waals surface area contributed by atoms with E-state index in [2.05, 4.69) is 51.4 Å². The standard InChI is InChI=1S/C19H23N5O/c1-14-3-2-4-16(11-14)23-7-9-24(10-8-23)19(25)17-12-21-18(13-20-17)22-15-5-6-15/h2-4,11-13,15H,5-10H2,1H3,(H,21,22). The van der Waals surface area contributed by atoms with Crippen LogP contribution in [0.4, 0.5) is 11.5 Å². The van der Waals surface area contributed by atoms with Gasteiger partial charge in [0.25, 0.3) is 5.91 Å². The summed E-state index contributed by atoms with van der Waals surface area (Å²) in [6, 6.07) is 9.03. The molecule has 1 aromatic heterocycles. The van der Waals surface area contributed by atoms with Gasteiger partial charge in [-0.3, -0.25) is 4.79 Å². The summed E-state index contributed by atoms with van der Waals surface area (Å²) >= 11 is 0. The number of hydrogen-bond donors (Lipinski definition) is 1. The topological polar surface area (TPSA) is 61.4 Å². The first kappa shape index (κ1) is 15.9. The lowest BCUT2D eigenvalue weighted by molar-refractivity contribution is 0.0740. The number of aryl methyl sites for hydroxylation is 1. The van der Waals surface area contributed by atoms with Gasteiger partial charge in [0.05, 0.1) is 12.4 Å². The predicted molar refractivity (Wildman–Crippen MR) is 98.0 cm³/mol. The number of carbonyl (C=O) groups is 1. The molecule has 0 bridgehead atoms. The SMILES string of the molecule is Cc1cccc(N2CCN(C(=O)c3cnc(NC4CC4)cn3)CC2)c1. The first-order chi connectivity index (χ1) is 12.2. The largest absolute Gasteiger partial charge is 0.368 e. The number of rotatable bonds is 4. The Morgan fingerprint density at radius 3 is 2.56 bits per heavy atom. The molecule has 2 fully saturated rings. The molecule has 1 saturated heterocycles. The number of carbonyl (C=O) groups excluding carboxylic acids is 1. The van der Waals surface area contributed by atoms with E-state index in [0.29, 0.717) is 24.8 Å². The molecule has 0 unspecified atom stereocenters. The highest BCUT2D eigenvalue weighted by atomic mass is 16.2. The molecule has 1 aliphatic carbocycles. The van der Waals surface area contributed by atoms with Gasteiger partial charge in [-0.1, -0.05) is 12.1 Å². The van der Waals surface area contributed by atoms with E-state index in [-0.39, 0.29) is 5.91 Å². The third kappa shape index (κ3) is 3.73. The van der Waals surface area contributed by atoms with Crippen LogP contribution in [0.1, 0.15) is 28.9 Å². The molecule has 1 N–H and O–H groups in total. The van der Waals surface area contributed by atoms with Crippen molar-refractivity contribution in [1.29, 1.82) is 0 Å². The summed E-state index contributed by atoms with van der Waals surface area (Å²) in [7, 11) is 0. The lowest BCUT2D eigenvalue weighted by Gasteiger charge is -2.36. The van der Waals surface area contributed by atoms with Crippen molar-refractivity contribution in [1.82, 2.24) is 14.9 Å². The van der Waals surface area contributed by atoms with Gasteiger partial charge in [-0.15, -0.1) is 0 Å². The van der Waals surface area contributed by atoms with E-state index in [1.54, 1.807) is 12.4 Å². The third-order valence-corrected chi connectivity index (χ3v) is 4.73. The zero-order chi connectivity index (χ0) is 17.2. The average Bonchev–Trinajstić information content (AvgIpc) is 3.46. The van der Waals surface area contributed by atoms with Gasteiger partial charge >= 0.3 is 0 Å². The molecule has 2 aliphatic rings. The van der Waals surface area contributed by atoms with E-state index < -0.39 is 0 Å². The van der Waals surface area contributed by atoms with E-state index in [4.69, 9.17) is 0 Å². The second-order valence-electron chi connectivity index (χ2n) is 6.82. The minimum absolute atomic E-state index is 0.0330. The molecular formula is C19H23N5O. The van der Waals surface area contributed by atoms with E-state index in [9.17, 15) is 4.79 Å². The van der Waals surface area contributed by atoms with Crippen molar-refractivity contribution in [3.8, 4) is 0 Å². The van der Waals surface area contributed by atoms with Crippen LogP contribution in [-0.4, -0.2) is 53.0 Å². The maximum Gasteiger partial charge on any atom is 0.274 e. The van der Waals surface area contributed by atoms with E-state index in [0.717, 1.165) is 18.9 Å². The van der Waals surface area contributed by atoms with Gasteiger partial charge < -0.3 is 15.1 Å². The van der Waals surface area contributed by atoms with Gasteiger partial charge in [-0.05, 0) is 37.5 Å². The van der Waals surface area contributed by atoms with Gasteiger partial charge in [0.1, 0.15) is 11.5 Å². The van der Waals surface area contributed by atoms with Crippen LogP contribution in [0.5, 0.6) is 0 Å². The summed E-state index contributed by atoms with van der Waals surface area (Å²) < 4.78 is 0. The Hall–Kier alpha value is -2.63. The number of benzene rings is 1. The Kier molecular flexibility index (Phi) is 4.26. The van der Waals surface area contributed by atoms with Crippen LogP contribution in [0.15, 0.2) is 36.7 Å². The Morgan fingerprint density at radius 2 is 1.92 bits per heavy atom. The van der Waals surface area contributed by atoms with Crippen molar-refractivity contribution in [2.24, 2.45) is 0 Å². The highest BCUT2D eigenvalue weighted by Crippen LogP contribution is 2.23. The van der Waals surface area contributed by atoms with Crippen LogP contribution in [-0.2, 0) is 0 Å². The summed E-state index contributed by atoms with van der Waals surface area (Å²) in [5.41, 5.74) is 2.90. The lowest BCUT2D eigenvalue weighted by atomic mass is 10.2. The molecule has 1 amide bonds. The quantitative estimate of drug-likeness (QED) is 0.928. The zero-order valence-corrected chi connectivity index (χ0v) is 14.5. The van der Waals surface area contributed by atoms with Crippen LogP contribution in [0.25, 0.3) is 0 Å². The zero-order valence-electron chi connectivity index (χ0n) is 14.5. The summed E-state index contributed by atoms with van der Waals surface area (Å²) in [5.74, 6) is 0.720. The Morgan fingerprint density at radius 1 is 1.12 bits per heavy atom. The second-order valence-corrected chi connectivity index (χ2v) is 6.82. The van der Waals surface area contributed by atoms with Crippen LogP contribution >= 0.6 is 0 Å². The Labute approximate surface area is 147 Å². The summed E-state index contributed by atoms with van der Waals surface area (Å²) in [4.78, 5) is 25.4. The predicted octanol–water partition coefficient (Wildman–Crippen LogP) is 2.32. The number of hydrogen-bond acceptors (Lipinski definition) is 5. The smallest absolute Gasteiger partial charge is 0.274 e. The molecule has 1 aromatic carbocycles. The number of nitrogens with one attached hydrogen (secondary N) is 1. The van der Waals surface area contributed by atoms with Crippen molar-refractivity contribution in [3.63, 3.8) is 0 Å². The number of nitrogens with zero attached hydrogens (tertiary/aromatic N) is 4. The number of anilines is 2. The van der Waals surface area contributed by atoms with Gasteiger partial charge in [-0.25, -0.2) is 9.97 Å². The van der Waals surface area contributed by atoms with Crippen LogP contribution in [0.3, 0.4) is 0 Å². The number of amides is 1. The molecular weight excluding hydrogens is 314 g/mol. The molecule has 1 saturated carbocycles. The average molecular weight is 337 g/mol. The molecule has 4 rings (SSSR count). The fraction of sp³-hybridized carbons (Fsp3) is 0.421. The molecule has 1 aliphatic heterocycles. The Balaban J connectivity index is 1.35. The first-order valence-corrected chi connectivity index (χ1v) is 8.88. The molecule has 2 aromatic rings. The fourth-order valence-corrected chi connectivity index (χ4v) is 3.10. The molecule has 25 heavy (non-hydrogen) atoms. The van der Waals surface area contributed by atoms with Crippen LogP contribution in [0.2, 0.25) is 0 Å². The van der Waals surface area contributed by atoms with Crippen LogP contribution < -0.4 is 10.2 Å². The van der Waals surface area contributed by atoms with E-state index >= 15 is 0 Å². The normalized spacial score (nSPS) is 17.5. The molecule has 6 nitrogen and oxygen atoms in total. The summed E-state index contributed by atoms with van der Waals surface area (Å²) in [6.45, 7) is 5.19. The monoisotopic (exact) mass is 337 g/mol. The van der Waals surface area contributed by atoms with E-state index in [1.165, 1.54) is 24.1 Å². The van der Waals surface area contributed by atoms with E-state index in [1.807, 2.05) is 4.90 Å². The first-order valence-electron chi connectivity index (χ1n) is 8.88. The molecule has 6 heteroatoms. The van der Waals surface area contributed by atoms with Crippen molar-refractivity contribution >= 4 is 17.4 Å². The van der Waals surface area contributed by atoms with Crippen molar-refractivity contribution in [2.75, 3.05) is 36.4 Å². The maximum absolute atomic E-state index is 12.6. The molecule has 0 spiro atoms. The van der Waals surface area contributed by atoms with Gasteiger partial charge in [0.15, 0.2) is 0 Å². The van der Waals surface area contributed by atoms with Crippen molar-refractivity contribution < 1.29 is 4.79 Å². The van der Waals surface area contributed by atoms with Crippen LogP contribution in [0, 0.1) is 6.92 Å². The fourth-order valence-electron chi connectivity index (χ4n) is 3.10. The molecule has 130 valence electrons. The highest BCUT2D eigenvalue weighted by molar-refractivity contribution is 5.92. The van der Waals surface area contributed by atoms with Gasteiger partial charge in [0.2, 0.25) is 0 Å². The van der Waals surface area contributed by atoms with Gasteiger partial charge in [0, 0.05) is 37.9 Å². The number of aromatic nitrogens is 2. The molecule has 2 heterocycles. The van der Waals surface area contributed by atoms with Crippen molar-refractivity contribution in [2.45, 2.75) is 25.8 Å². The minimum Gasteiger partial charge on any atom is -0.368 e. The molecule has 0 radical (unpaired) electrons. The van der Waals surface area contributed by atoms with Crippen molar-refractivity contribution in [3.05, 3.63) is 47.9 Å². The summed E-state index contributed by atoms with van der Waals surface area (Å²) in [5, 5.41) is 3.28. The maximum atomic E-state index is 12.6. The highest BCUT2D eigenvalue weighted by Gasteiger charge is 2.24. The lowest BCUT2D eigenvalue weighted by Crippen LogP contribution is -2.49. The van der Waals surface area contributed by atoms with Gasteiger partial charge in [-0.2, -0.15) is 0 Å². The third-order valence-electron chi connectivity index (χ3n) is 4.73. The minimum atomic E-state index is -0.0330. The molecule has 0 atom stereocenters.